The molecule has 4 heterocycles. The van der Waals surface area contributed by atoms with E-state index in [9.17, 15) is 0 Å². The predicted octanol–water partition coefficient (Wildman–Crippen LogP) is 3.99. The van der Waals surface area contributed by atoms with Crippen molar-refractivity contribution in [1.29, 1.82) is 0 Å². The van der Waals surface area contributed by atoms with Gasteiger partial charge in [0, 0.05) is 48.4 Å². The Morgan fingerprint density at radius 1 is 1.10 bits per heavy atom. The van der Waals surface area contributed by atoms with Gasteiger partial charge in [-0.25, -0.2) is 9.97 Å². The molecule has 7 heteroatoms. The number of ether oxygens (including phenoxy) is 2. The van der Waals surface area contributed by atoms with E-state index in [0.717, 1.165) is 28.9 Å². The van der Waals surface area contributed by atoms with Crippen LogP contribution in [0.15, 0.2) is 49.1 Å². The molecule has 5 rings (SSSR count). The summed E-state index contributed by atoms with van der Waals surface area (Å²) in [6, 6.07) is 8.17. The summed E-state index contributed by atoms with van der Waals surface area (Å²) < 4.78 is 13.6. The van der Waals surface area contributed by atoms with E-state index in [1.807, 2.05) is 35.9 Å². The van der Waals surface area contributed by atoms with Crippen molar-refractivity contribution >= 4 is 5.65 Å². The number of rotatable bonds is 6. The molecule has 0 aliphatic heterocycles. The van der Waals surface area contributed by atoms with Crippen molar-refractivity contribution in [3.63, 3.8) is 0 Å². The number of nitrogens with zero attached hydrogens (tertiary/aromatic N) is 5. The molecular formula is C23H23N5O2. The van der Waals surface area contributed by atoms with Gasteiger partial charge in [0.25, 0.3) is 0 Å². The van der Waals surface area contributed by atoms with Gasteiger partial charge in [-0.05, 0) is 43.5 Å². The van der Waals surface area contributed by atoms with Gasteiger partial charge in [-0.15, -0.1) is 0 Å². The van der Waals surface area contributed by atoms with E-state index in [4.69, 9.17) is 9.47 Å². The van der Waals surface area contributed by atoms with E-state index >= 15 is 0 Å². The minimum Gasteiger partial charge on any atom is -0.482 e. The van der Waals surface area contributed by atoms with Gasteiger partial charge in [-0.3, -0.25) is 9.38 Å². The Balaban J connectivity index is 1.39. The fraction of sp³-hybridized carbons (Fsp3) is 0.304. The van der Waals surface area contributed by atoms with Crippen LogP contribution in [0.2, 0.25) is 0 Å². The van der Waals surface area contributed by atoms with Gasteiger partial charge >= 0.3 is 0 Å². The number of pyridine rings is 2. The summed E-state index contributed by atoms with van der Waals surface area (Å²) in [4.78, 5) is 17.9. The van der Waals surface area contributed by atoms with Gasteiger partial charge in [0.05, 0.1) is 19.3 Å². The third kappa shape index (κ3) is 3.47. The van der Waals surface area contributed by atoms with Crippen molar-refractivity contribution in [3.8, 4) is 22.9 Å². The van der Waals surface area contributed by atoms with Crippen LogP contribution in [-0.2, 0) is 0 Å². The normalized spacial score (nSPS) is 17.8. The summed E-state index contributed by atoms with van der Waals surface area (Å²) in [7, 11) is 1.65. The van der Waals surface area contributed by atoms with Gasteiger partial charge in [-0.2, -0.15) is 4.98 Å². The lowest BCUT2D eigenvalue weighted by atomic mass is 10.1. The second-order valence-electron chi connectivity index (χ2n) is 7.75. The highest BCUT2D eigenvalue weighted by atomic mass is 16.5. The van der Waals surface area contributed by atoms with E-state index in [1.165, 1.54) is 5.56 Å². The Hall–Kier alpha value is -3.48. The Bertz CT molecular complexity index is 1200. The van der Waals surface area contributed by atoms with Crippen LogP contribution < -0.4 is 9.47 Å². The smallest absolute Gasteiger partial charge is 0.224 e. The van der Waals surface area contributed by atoms with Gasteiger partial charge < -0.3 is 9.47 Å². The quantitative estimate of drug-likeness (QED) is 0.486. The largest absolute Gasteiger partial charge is 0.482 e. The minimum absolute atomic E-state index is 0.452. The van der Waals surface area contributed by atoms with Gasteiger partial charge in [0.2, 0.25) is 5.88 Å². The maximum Gasteiger partial charge on any atom is 0.224 e. The highest BCUT2D eigenvalue weighted by Crippen LogP contribution is 2.47. The molecule has 0 radical (unpaired) electrons. The summed E-state index contributed by atoms with van der Waals surface area (Å²) in [5, 5.41) is 0. The van der Waals surface area contributed by atoms with Crippen molar-refractivity contribution in [2.45, 2.75) is 26.2 Å². The van der Waals surface area contributed by atoms with E-state index in [-0.39, 0.29) is 0 Å². The molecule has 4 aromatic heterocycles. The fourth-order valence-electron chi connectivity index (χ4n) is 3.74. The van der Waals surface area contributed by atoms with Crippen LogP contribution in [0.1, 0.15) is 29.4 Å². The molecule has 30 heavy (non-hydrogen) atoms. The summed E-state index contributed by atoms with van der Waals surface area (Å²) in [6.45, 7) is 4.52. The zero-order valence-corrected chi connectivity index (χ0v) is 17.2. The molecule has 0 N–H and O–H groups in total. The molecule has 0 spiro atoms. The van der Waals surface area contributed by atoms with Crippen molar-refractivity contribution < 1.29 is 9.47 Å². The minimum atomic E-state index is 0.452. The molecule has 0 bridgehead atoms. The Labute approximate surface area is 174 Å². The molecular weight excluding hydrogens is 378 g/mol. The number of aryl methyl sites for hydroxylation is 2. The van der Waals surface area contributed by atoms with Crippen LogP contribution in [0.3, 0.4) is 0 Å². The van der Waals surface area contributed by atoms with Crippen molar-refractivity contribution in [2.24, 2.45) is 5.92 Å². The predicted molar refractivity (Wildman–Crippen MR) is 113 cm³/mol. The average Bonchev–Trinajstić information content (AvgIpc) is 3.37. The second-order valence-corrected chi connectivity index (χ2v) is 7.75. The summed E-state index contributed by atoms with van der Waals surface area (Å²) in [5.74, 6) is 2.86. The fourth-order valence-corrected chi connectivity index (χ4v) is 3.74. The summed E-state index contributed by atoms with van der Waals surface area (Å²) >= 11 is 0. The van der Waals surface area contributed by atoms with Crippen LogP contribution in [0.4, 0.5) is 0 Å². The molecule has 7 nitrogen and oxygen atoms in total. The lowest BCUT2D eigenvalue weighted by Crippen LogP contribution is -2.06. The van der Waals surface area contributed by atoms with Crippen molar-refractivity contribution in [2.75, 3.05) is 13.7 Å². The number of methoxy groups -OCH3 is 1. The van der Waals surface area contributed by atoms with E-state index in [1.54, 1.807) is 19.5 Å². The first-order valence-corrected chi connectivity index (χ1v) is 10.0. The Morgan fingerprint density at radius 3 is 2.80 bits per heavy atom. The average molecular weight is 401 g/mol. The van der Waals surface area contributed by atoms with Gasteiger partial charge in [-0.1, -0.05) is 6.07 Å². The number of imidazole rings is 1. The number of hydrogen-bond acceptors (Lipinski definition) is 6. The zero-order valence-electron chi connectivity index (χ0n) is 17.2. The van der Waals surface area contributed by atoms with E-state index in [2.05, 4.69) is 39.0 Å². The third-order valence-electron chi connectivity index (χ3n) is 5.54. The number of fused-ring (bicyclic) bond motifs is 1. The van der Waals surface area contributed by atoms with Gasteiger partial charge in [0.1, 0.15) is 11.5 Å². The zero-order chi connectivity index (χ0) is 20.7. The topological polar surface area (TPSA) is 74.4 Å². The lowest BCUT2D eigenvalue weighted by Gasteiger charge is -2.13. The van der Waals surface area contributed by atoms with Crippen LogP contribution >= 0.6 is 0 Å². The second kappa shape index (κ2) is 7.40. The van der Waals surface area contributed by atoms with Crippen molar-refractivity contribution in [3.05, 3.63) is 66.1 Å². The molecule has 0 saturated heterocycles. The molecule has 2 atom stereocenters. The Kier molecular flexibility index (Phi) is 4.58. The van der Waals surface area contributed by atoms with Crippen LogP contribution in [0, 0.1) is 19.8 Å². The highest BCUT2D eigenvalue weighted by molar-refractivity contribution is 5.72. The molecule has 4 aromatic rings. The van der Waals surface area contributed by atoms with E-state index < -0.39 is 0 Å². The summed E-state index contributed by atoms with van der Waals surface area (Å²) in [5.41, 5.74) is 4.85. The highest BCUT2D eigenvalue weighted by Gasteiger charge is 2.40. The summed E-state index contributed by atoms with van der Waals surface area (Å²) in [6.07, 6.45) is 8.43. The number of hydrogen-bond donors (Lipinski definition) is 0. The first-order valence-electron chi connectivity index (χ1n) is 10.0. The maximum absolute atomic E-state index is 6.19. The van der Waals surface area contributed by atoms with Gasteiger partial charge in [0.15, 0.2) is 5.88 Å². The third-order valence-corrected chi connectivity index (χ3v) is 5.54. The molecule has 152 valence electrons. The monoisotopic (exact) mass is 401 g/mol. The van der Waals surface area contributed by atoms with E-state index in [0.29, 0.717) is 36.0 Å². The molecule has 1 aliphatic carbocycles. The molecule has 0 aromatic carbocycles. The number of aromatic nitrogens is 5. The standard InChI is InChI=1S/C23H23N5O2/c1-14-4-5-20(26-11-14)18-8-17(18)13-30-23-19(12-25-15(2)27-23)16-9-21-24-6-7-28(21)22(10-16)29-3/h4-7,9-12,17-18H,8,13H2,1-3H3/t17-,18+/m1/s1. The SMILES string of the molecule is COc1cc(-c2cnc(C)nc2OC[C@H]2C[C@@H]2c2ccc(C)cn2)cc2nccn12. The van der Waals surface area contributed by atoms with Crippen molar-refractivity contribution in [1.82, 2.24) is 24.3 Å². The first-order chi connectivity index (χ1) is 14.6. The molecule has 0 amide bonds. The lowest BCUT2D eigenvalue weighted by molar-refractivity contribution is 0.285. The van der Waals surface area contributed by atoms with Crippen LogP contribution in [0.25, 0.3) is 16.8 Å². The molecule has 0 unspecified atom stereocenters. The van der Waals surface area contributed by atoms with Crippen LogP contribution in [-0.4, -0.2) is 38.1 Å². The molecule has 1 saturated carbocycles. The molecule has 1 fully saturated rings. The maximum atomic E-state index is 6.19. The first kappa shape index (κ1) is 18.5. The molecule has 1 aliphatic rings. The van der Waals surface area contributed by atoms with Crippen LogP contribution in [0.5, 0.6) is 11.8 Å². The Morgan fingerprint density at radius 2 is 2.00 bits per heavy atom.